The molecule has 116 valence electrons. The highest BCUT2D eigenvalue weighted by molar-refractivity contribution is 5.94. The van der Waals surface area contributed by atoms with Gasteiger partial charge < -0.3 is 15.5 Å². The van der Waals surface area contributed by atoms with Gasteiger partial charge in [0.1, 0.15) is 5.75 Å². The Bertz CT molecular complexity index is 499. The van der Waals surface area contributed by atoms with E-state index in [0.717, 1.165) is 12.8 Å². The minimum atomic E-state index is -0.781. The molecule has 0 saturated heterocycles. The molecule has 1 rings (SSSR count). The van der Waals surface area contributed by atoms with Crippen LogP contribution in [0.3, 0.4) is 0 Å². The van der Waals surface area contributed by atoms with E-state index in [-0.39, 0.29) is 18.1 Å². The maximum atomic E-state index is 12.0. The fourth-order valence-electron chi connectivity index (χ4n) is 2.17. The second kappa shape index (κ2) is 8.29. The van der Waals surface area contributed by atoms with Gasteiger partial charge in [-0.2, -0.15) is 0 Å². The maximum Gasteiger partial charge on any atom is 0.303 e. The van der Waals surface area contributed by atoms with Gasteiger partial charge in [-0.1, -0.05) is 13.3 Å². The molecule has 1 amide bonds. The zero-order chi connectivity index (χ0) is 15.8. The van der Waals surface area contributed by atoms with Gasteiger partial charge in [-0.25, -0.2) is 0 Å². The number of carboxylic acids is 1. The molecule has 1 unspecified atom stereocenters. The second-order valence-electron chi connectivity index (χ2n) is 5.25. The van der Waals surface area contributed by atoms with Gasteiger partial charge in [0.05, 0.1) is 0 Å². The Kier molecular flexibility index (Phi) is 6.72. The molecule has 0 heterocycles. The molecule has 0 fully saturated rings. The Morgan fingerprint density at radius 3 is 2.57 bits per heavy atom. The van der Waals surface area contributed by atoms with Gasteiger partial charge in [0.25, 0.3) is 5.91 Å². The number of aromatic hydroxyl groups is 1. The van der Waals surface area contributed by atoms with E-state index >= 15 is 0 Å². The summed E-state index contributed by atoms with van der Waals surface area (Å²) in [5.41, 5.74) is 1.18. The standard InChI is InChI=1S/C16H23NO4/c1-3-12(4-7-15(19)20)8-9-17-16(21)13-5-6-14(18)11(2)10-13/h5-6,10,12,18H,3-4,7-9H2,1-2H3,(H,17,21)(H,19,20). The summed E-state index contributed by atoms with van der Waals surface area (Å²) in [6.45, 7) is 4.29. The molecule has 0 aromatic heterocycles. The SMILES string of the molecule is CCC(CCNC(=O)c1ccc(O)c(C)c1)CCC(=O)O. The first-order valence-electron chi connectivity index (χ1n) is 7.23. The number of phenolic OH excluding ortho intramolecular Hbond substituents is 1. The van der Waals surface area contributed by atoms with Crippen LogP contribution in [0.5, 0.6) is 5.75 Å². The fraction of sp³-hybridized carbons (Fsp3) is 0.500. The molecular formula is C16H23NO4. The van der Waals surface area contributed by atoms with E-state index in [1.54, 1.807) is 19.1 Å². The van der Waals surface area contributed by atoms with Gasteiger partial charge in [-0.3, -0.25) is 9.59 Å². The number of benzene rings is 1. The number of phenols is 1. The molecule has 1 atom stereocenters. The van der Waals surface area contributed by atoms with Crippen LogP contribution in [0.4, 0.5) is 0 Å². The summed E-state index contributed by atoms with van der Waals surface area (Å²) < 4.78 is 0. The van der Waals surface area contributed by atoms with Crippen molar-refractivity contribution in [3.63, 3.8) is 0 Å². The van der Waals surface area contributed by atoms with E-state index in [2.05, 4.69) is 5.32 Å². The van der Waals surface area contributed by atoms with E-state index in [4.69, 9.17) is 5.11 Å². The fourth-order valence-corrected chi connectivity index (χ4v) is 2.17. The maximum absolute atomic E-state index is 12.0. The Balaban J connectivity index is 2.41. The molecule has 1 aromatic rings. The molecule has 1 aromatic carbocycles. The number of hydrogen-bond donors (Lipinski definition) is 3. The average molecular weight is 293 g/mol. The van der Waals surface area contributed by atoms with Crippen molar-refractivity contribution in [2.75, 3.05) is 6.54 Å². The number of nitrogens with one attached hydrogen (secondary N) is 1. The topological polar surface area (TPSA) is 86.6 Å². The highest BCUT2D eigenvalue weighted by Gasteiger charge is 2.11. The summed E-state index contributed by atoms with van der Waals surface area (Å²) in [7, 11) is 0. The first-order chi connectivity index (χ1) is 9.93. The molecule has 5 nitrogen and oxygen atoms in total. The highest BCUT2D eigenvalue weighted by Crippen LogP contribution is 2.17. The van der Waals surface area contributed by atoms with Crippen molar-refractivity contribution in [2.24, 2.45) is 5.92 Å². The summed E-state index contributed by atoms with van der Waals surface area (Å²) in [5, 5.41) is 20.9. The number of carbonyl (C=O) groups excluding carboxylic acids is 1. The van der Waals surface area contributed by atoms with Crippen molar-refractivity contribution in [2.45, 2.75) is 39.5 Å². The lowest BCUT2D eigenvalue weighted by Gasteiger charge is -2.14. The molecule has 3 N–H and O–H groups in total. The first-order valence-corrected chi connectivity index (χ1v) is 7.23. The van der Waals surface area contributed by atoms with Gasteiger partial charge in [-0.15, -0.1) is 0 Å². The Labute approximate surface area is 125 Å². The quantitative estimate of drug-likeness (QED) is 0.688. The molecule has 21 heavy (non-hydrogen) atoms. The van der Waals surface area contributed by atoms with Gasteiger partial charge in [0, 0.05) is 18.5 Å². The molecule has 0 radical (unpaired) electrons. The molecule has 0 saturated carbocycles. The predicted octanol–water partition coefficient (Wildman–Crippen LogP) is 2.71. The predicted molar refractivity (Wildman–Crippen MR) is 80.4 cm³/mol. The van der Waals surface area contributed by atoms with Crippen molar-refractivity contribution in [3.05, 3.63) is 29.3 Å². The van der Waals surface area contributed by atoms with Crippen LogP contribution in [0.15, 0.2) is 18.2 Å². The van der Waals surface area contributed by atoms with Crippen LogP contribution in [0.2, 0.25) is 0 Å². The molecule has 0 aliphatic heterocycles. The van der Waals surface area contributed by atoms with E-state index in [0.29, 0.717) is 30.0 Å². The Morgan fingerprint density at radius 1 is 1.29 bits per heavy atom. The van der Waals surface area contributed by atoms with Crippen molar-refractivity contribution < 1.29 is 19.8 Å². The zero-order valence-corrected chi connectivity index (χ0v) is 12.6. The molecule has 0 aliphatic rings. The van der Waals surface area contributed by atoms with Gasteiger partial charge in [0.15, 0.2) is 0 Å². The minimum absolute atomic E-state index is 0.170. The third-order valence-electron chi connectivity index (χ3n) is 3.64. The number of aryl methyl sites for hydroxylation is 1. The number of carbonyl (C=O) groups is 2. The van der Waals surface area contributed by atoms with Gasteiger partial charge in [0.2, 0.25) is 0 Å². The van der Waals surface area contributed by atoms with Crippen LogP contribution in [0, 0.1) is 12.8 Å². The average Bonchev–Trinajstić information content (AvgIpc) is 2.45. The number of amides is 1. The van der Waals surface area contributed by atoms with Crippen LogP contribution in [-0.2, 0) is 4.79 Å². The molecule has 0 spiro atoms. The van der Waals surface area contributed by atoms with Crippen LogP contribution in [0.25, 0.3) is 0 Å². The third-order valence-corrected chi connectivity index (χ3v) is 3.64. The molecule has 0 aliphatic carbocycles. The molecule has 0 bridgehead atoms. The number of hydrogen-bond acceptors (Lipinski definition) is 3. The Hall–Kier alpha value is -2.04. The monoisotopic (exact) mass is 293 g/mol. The van der Waals surface area contributed by atoms with E-state index in [9.17, 15) is 14.7 Å². The number of rotatable bonds is 8. The molecule has 5 heteroatoms. The minimum Gasteiger partial charge on any atom is -0.508 e. The van der Waals surface area contributed by atoms with Crippen LogP contribution >= 0.6 is 0 Å². The summed E-state index contributed by atoms with van der Waals surface area (Å²) in [6.07, 6.45) is 2.48. The lowest BCUT2D eigenvalue weighted by molar-refractivity contribution is -0.137. The van der Waals surface area contributed by atoms with E-state index in [1.807, 2.05) is 6.92 Å². The largest absolute Gasteiger partial charge is 0.508 e. The Morgan fingerprint density at radius 2 is 2.00 bits per heavy atom. The van der Waals surface area contributed by atoms with E-state index in [1.165, 1.54) is 6.07 Å². The van der Waals surface area contributed by atoms with Crippen LogP contribution in [0.1, 0.15) is 48.5 Å². The van der Waals surface area contributed by atoms with Gasteiger partial charge in [-0.05, 0) is 49.4 Å². The van der Waals surface area contributed by atoms with E-state index < -0.39 is 5.97 Å². The summed E-state index contributed by atoms with van der Waals surface area (Å²) in [4.78, 5) is 22.5. The summed E-state index contributed by atoms with van der Waals surface area (Å²) in [6, 6.07) is 4.73. The van der Waals surface area contributed by atoms with Crippen molar-refractivity contribution in [3.8, 4) is 5.75 Å². The van der Waals surface area contributed by atoms with Crippen molar-refractivity contribution >= 4 is 11.9 Å². The lowest BCUT2D eigenvalue weighted by Crippen LogP contribution is -2.26. The molecular weight excluding hydrogens is 270 g/mol. The third kappa shape index (κ3) is 5.85. The highest BCUT2D eigenvalue weighted by atomic mass is 16.4. The first kappa shape index (κ1) is 17.0. The van der Waals surface area contributed by atoms with Crippen molar-refractivity contribution in [1.29, 1.82) is 0 Å². The lowest BCUT2D eigenvalue weighted by atomic mass is 9.96. The number of carboxylic acid groups (broad SMARTS) is 1. The van der Waals surface area contributed by atoms with Gasteiger partial charge >= 0.3 is 5.97 Å². The van der Waals surface area contributed by atoms with Crippen molar-refractivity contribution in [1.82, 2.24) is 5.32 Å². The normalized spacial score (nSPS) is 11.9. The second-order valence-corrected chi connectivity index (χ2v) is 5.25. The smallest absolute Gasteiger partial charge is 0.303 e. The summed E-state index contributed by atoms with van der Waals surface area (Å²) in [5.74, 6) is -0.475. The summed E-state index contributed by atoms with van der Waals surface area (Å²) >= 11 is 0. The van der Waals surface area contributed by atoms with Crippen LogP contribution < -0.4 is 5.32 Å². The zero-order valence-electron chi connectivity index (χ0n) is 12.6. The van der Waals surface area contributed by atoms with Crippen LogP contribution in [-0.4, -0.2) is 28.6 Å². The number of aliphatic carboxylic acids is 1.